The van der Waals surface area contributed by atoms with Crippen LogP contribution in [0, 0.1) is 6.92 Å². The predicted molar refractivity (Wildman–Crippen MR) is 59.7 cm³/mol. The van der Waals surface area contributed by atoms with E-state index in [1.165, 1.54) is 11.3 Å². The molecule has 0 aliphatic carbocycles. The van der Waals surface area contributed by atoms with E-state index in [4.69, 9.17) is 5.11 Å². The second-order valence-electron chi connectivity index (χ2n) is 3.13. The van der Waals surface area contributed by atoms with Crippen LogP contribution in [0.3, 0.4) is 0 Å². The number of carboxylic acids is 1. The van der Waals surface area contributed by atoms with E-state index >= 15 is 0 Å². The van der Waals surface area contributed by atoms with Crippen LogP contribution >= 0.6 is 11.3 Å². The molecule has 0 spiro atoms. The van der Waals surface area contributed by atoms with Crippen LogP contribution in [-0.2, 0) is 21.4 Å². The van der Waals surface area contributed by atoms with Gasteiger partial charge in [0.25, 0.3) is 0 Å². The fourth-order valence-corrected chi connectivity index (χ4v) is 2.75. The standard InChI is InChI=1S/C8H12N2O4S2/c1-6-9-4-7(15-6)5-10-16(13,14)3-2-8(11)12/h4,10H,2-3,5H2,1H3,(H,11,12). The van der Waals surface area contributed by atoms with E-state index < -0.39 is 28.2 Å². The van der Waals surface area contributed by atoms with Gasteiger partial charge in [-0.15, -0.1) is 11.3 Å². The summed E-state index contributed by atoms with van der Waals surface area (Å²) < 4.78 is 25.0. The molecule has 0 bridgehead atoms. The first-order valence-corrected chi connectivity index (χ1v) is 6.96. The number of carbonyl (C=O) groups is 1. The SMILES string of the molecule is Cc1ncc(CNS(=O)(=O)CCC(=O)O)s1. The van der Waals surface area contributed by atoms with Crippen LogP contribution < -0.4 is 4.72 Å². The highest BCUT2D eigenvalue weighted by Gasteiger charge is 2.12. The molecule has 0 fully saturated rings. The third-order valence-corrected chi connectivity index (χ3v) is 3.96. The molecule has 0 saturated heterocycles. The smallest absolute Gasteiger partial charge is 0.304 e. The Hall–Kier alpha value is -0.990. The predicted octanol–water partition coefficient (Wildman–Crippen LogP) is 0.346. The molecule has 1 rings (SSSR count). The molecule has 0 atom stereocenters. The van der Waals surface area contributed by atoms with E-state index in [-0.39, 0.29) is 6.54 Å². The van der Waals surface area contributed by atoms with Crippen molar-refractivity contribution in [3.05, 3.63) is 16.1 Å². The van der Waals surface area contributed by atoms with E-state index in [2.05, 4.69) is 9.71 Å². The Morgan fingerprint density at radius 3 is 2.81 bits per heavy atom. The van der Waals surface area contributed by atoms with Crippen LogP contribution in [0.25, 0.3) is 0 Å². The third-order valence-electron chi connectivity index (χ3n) is 1.72. The lowest BCUT2D eigenvalue weighted by Gasteiger charge is -2.02. The Labute approximate surface area is 97.4 Å². The Kier molecular flexibility index (Phi) is 4.39. The lowest BCUT2D eigenvalue weighted by molar-refractivity contribution is -0.136. The van der Waals surface area contributed by atoms with Gasteiger partial charge in [-0.25, -0.2) is 18.1 Å². The number of rotatable bonds is 6. The van der Waals surface area contributed by atoms with Gasteiger partial charge in [0, 0.05) is 17.6 Å². The van der Waals surface area contributed by atoms with Crippen molar-refractivity contribution in [3.63, 3.8) is 0 Å². The van der Waals surface area contributed by atoms with Gasteiger partial charge in [-0.05, 0) is 6.92 Å². The monoisotopic (exact) mass is 264 g/mol. The van der Waals surface area contributed by atoms with Gasteiger partial charge < -0.3 is 5.11 Å². The van der Waals surface area contributed by atoms with Crippen LogP contribution in [-0.4, -0.2) is 30.2 Å². The quantitative estimate of drug-likeness (QED) is 0.772. The number of nitrogens with one attached hydrogen (secondary N) is 1. The minimum atomic E-state index is -3.52. The Balaban J connectivity index is 2.45. The summed E-state index contributed by atoms with van der Waals surface area (Å²) in [6.07, 6.45) is 1.21. The van der Waals surface area contributed by atoms with Crippen molar-refractivity contribution < 1.29 is 18.3 Å². The molecule has 0 aliphatic rings. The molecule has 1 heterocycles. The highest BCUT2D eigenvalue weighted by atomic mass is 32.2. The van der Waals surface area contributed by atoms with E-state index in [1.54, 1.807) is 6.20 Å². The van der Waals surface area contributed by atoms with Crippen LogP contribution in [0.5, 0.6) is 0 Å². The molecule has 0 aromatic carbocycles. The number of thiazole rings is 1. The summed E-state index contributed by atoms with van der Waals surface area (Å²) in [5, 5.41) is 9.23. The summed E-state index contributed by atoms with van der Waals surface area (Å²) in [5.41, 5.74) is 0. The maximum Gasteiger partial charge on any atom is 0.304 e. The molecular formula is C8H12N2O4S2. The zero-order chi connectivity index (χ0) is 12.2. The first kappa shape index (κ1) is 13.1. The molecule has 6 nitrogen and oxygen atoms in total. The van der Waals surface area contributed by atoms with Crippen LogP contribution in [0.1, 0.15) is 16.3 Å². The summed E-state index contributed by atoms with van der Waals surface area (Å²) in [6.45, 7) is 1.99. The van der Waals surface area contributed by atoms with Crippen molar-refractivity contribution in [2.24, 2.45) is 0 Å². The molecule has 0 radical (unpaired) electrons. The van der Waals surface area contributed by atoms with Crippen molar-refractivity contribution >= 4 is 27.3 Å². The average Bonchev–Trinajstić information content (AvgIpc) is 2.59. The van der Waals surface area contributed by atoms with Gasteiger partial charge in [-0.1, -0.05) is 0 Å². The van der Waals surface area contributed by atoms with Crippen molar-refractivity contribution in [2.75, 3.05) is 5.75 Å². The van der Waals surface area contributed by atoms with Crippen LogP contribution in [0.4, 0.5) is 0 Å². The Bertz CT molecular complexity index is 466. The van der Waals surface area contributed by atoms with Crippen molar-refractivity contribution in [3.8, 4) is 0 Å². The van der Waals surface area contributed by atoms with E-state index in [9.17, 15) is 13.2 Å². The number of aryl methyl sites for hydroxylation is 1. The largest absolute Gasteiger partial charge is 0.481 e. The van der Waals surface area contributed by atoms with E-state index in [1.807, 2.05) is 6.92 Å². The Morgan fingerprint density at radius 2 is 2.31 bits per heavy atom. The first-order chi connectivity index (χ1) is 7.39. The molecule has 90 valence electrons. The van der Waals surface area contributed by atoms with Gasteiger partial charge in [0.15, 0.2) is 0 Å². The summed E-state index contributed by atoms with van der Waals surface area (Å²) in [5.74, 6) is -1.53. The molecule has 0 amide bonds. The lowest BCUT2D eigenvalue weighted by atomic mass is 10.5. The molecule has 0 unspecified atom stereocenters. The second-order valence-corrected chi connectivity index (χ2v) is 6.38. The summed E-state index contributed by atoms with van der Waals surface area (Å²) in [4.78, 5) is 15.0. The number of aromatic nitrogens is 1. The van der Waals surface area contributed by atoms with Gasteiger partial charge in [0.1, 0.15) is 0 Å². The summed E-state index contributed by atoms with van der Waals surface area (Å²) >= 11 is 1.40. The number of sulfonamides is 1. The maximum absolute atomic E-state index is 11.3. The number of aliphatic carboxylic acids is 1. The molecule has 1 aromatic rings. The van der Waals surface area contributed by atoms with Gasteiger partial charge in [-0.2, -0.15) is 0 Å². The van der Waals surface area contributed by atoms with Crippen LogP contribution in [0.15, 0.2) is 6.20 Å². The van der Waals surface area contributed by atoms with Gasteiger partial charge in [0.05, 0.1) is 17.2 Å². The summed E-state index contributed by atoms with van der Waals surface area (Å²) in [7, 11) is -3.52. The van der Waals surface area contributed by atoms with Crippen molar-refractivity contribution in [1.82, 2.24) is 9.71 Å². The van der Waals surface area contributed by atoms with E-state index in [0.717, 1.165) is 9.88 Å². The molecule has 0 saturated carbocycles. The zero-order valence-electron chi connectivity index (χ0n) is 8.63. The minimum absolute atomic E-state index is 0.160. The van der Waals surface area contributed by atoms with Crippen LogP contribution in [0.2, 0.25) is 0 Å². The maximum atomic E-state index is 11.3. The highest BCUT2D eigenvalue weighted by molar-refractivity contribution is 7.89. The lowest BCUT2D eigenvalue weighted by Crippen LogP contribution is -2.26. The summed E-state index contributed by atoms with van der Waals surface area (Å²) in [6, 6.07) is 0. The van der Waals surface area contributed by atoms with Crippen molar-refractivity contribution in [2.45, 2.75) is 19.9 Å². The Morgan fingerprint density at radius 1 is 1.62 bits per heavy atom. The molecule has 1 aromatic heterocycles. The topological polar surface area (TPSA) is 96.4 Å². The van der Waals surface area contributed by atoms with Crippen molar-refractivity contribution in [1.29, 1.82) is 0 Å². The minimum Gasteiger partial charge on any atom is -0.481 e. The molecule has 2 N–H and O–H groups in total. The van der Waals surface area contributed by atoms with Gasteiger partial charge >= 0.3 is 5.97 Å². The number of hydrogen-bond donors (Lipinski definition) is 2. The number of hydrogen-bond acceptors (Lipinski definition) is 5. The zero-order valence-corrected chi connectivity index (χ0v) is 10.3. The normalized spacial score (nSPS) is 11.6. The fourth-order valence-electron chi connectivity index (χ4n) is 0.962. The van der Waals surface area contributed by atoms with E-state index in [0.29, 0.717) is 0 Å². The average molecular weight is 264 g/mol. The van der Waals surface area contributed by atoms with Gasteiger partial charge in [-0.3, -0.25) is 4.79 Å². The fraction of sp³-hybridized carbons (Fsp3) is 0.500. The molecular weight excluding hydrogens is 252 g/mol. The first-order valence-electron chi connectivity index (χ1n) is 4.49. The third kappa shape index (κ3) is 4.69. The molecule has 16 heavy (non-hydrogen) atoms. The molecule has 0 aliphatic heterocycles. The number of carboxylic acid groups (broad SMARTS) is 1. The second kappa shape index (κ2) is 5.37. The molecule has 8 heteroatoms. The van der Waals surface area contributed by atoms with Gasteiger partial charge in [0.2, 0.25) is 10.0 Å². The highest BCUT2D eigenvalue weighted by Crippen LogP contribution is 2.11. The number of nitrogens with zero attached hydrogens (tertiary/aromatic N) is 1.